The monoisotopic (exact) mass is 274 g/mol. The van der Waals surface area contributed by atoms with Gasteiger partial charge in [-0.25, -0.2) is 0 Å². The first-order valence-corrected chi connectivity index (χ1v) is 6.79. The smallest absolute Gasteiger partial charge is 0.259 e. The highest BCUT2D eigenvalue weighted by Crippen LogP contribution is 2.19. The van der Waals surface area contributed by atoms with Crippen LogP contribution in [0.1, 0.15) is 23.2 Å². The first-order valence-electron chi connectivity index (χ1n) is 6.79. The molecule has 1 fully saturated rings. The van der Waals surface area contributed by atoms with E-state index in [9.17, 15) is 9.90 Å². The third-order valence-electron chi connectivity index (χ3n) is 3.67. The number of nitrogens with zero attached hydrogens (tertiary/aromatic N) is 4. The van der Waals surface area contributed by atoms with E-state index in [1.807, 2.05) is 36.1 Å². The lowest BCUT2D eigenvalue weighted by Gasteiger charge is -2.30. The molecule has 0 unspecified atom stereocenters. The van der Waals surface area contributed by atoms with E-state index in [0.717, 1.165) is 18.7 Å². The van der Waals surface area contributed by atoms with Crippen LogP contribution in [0, 0.1) is 0 Å². The van der Waals surface area contributed by atoms with E-state index in [-0.39, 0.29) is 5.91 Å². The lowest BCUT2D eigenvalue weighted by molar-refractivity contribution is 0.0473. The number of aromatic nitrogens is 3. The number of carbonyl (C=O) groups excluding carboxylic acids is 1. The number of hydrogen-bond donors (Lipinski definition) is 1. The summed E-state index contributed by atoms with van der Waals surface area (Å²) in [5, 5.41) is 13.9. The molecule has 0 bridgehead atoms. The lowest BCUT2D eigenvalue weighted by Crippen LogP contribution is -2.42. The van der Waals surface area contributed by atoms with E-state index in [0.29, 0.717) is 18.7 Å². The first-order chi connectivity index (χ1) is 9.66. The van der Waals surface area contributed by atoms with Gasteiger partial charge in [0.15, 0.2) is 0 Å². The van der Waals surface area contributed by atoms with Crippen LogP contribution in [0.15, 0.2) is 30.7 Å². The Bertz CT molecular complexity index is 603. The predicted molar refractivity (Wildman–Crippen MR) is 73.7 cm³/mol. The molecule has 6 heteroatoms. The van der Waals surface area contributed by atoms with Crippen molar-refractivity contribution >= 4 is 5.91 Å². The molecule has 1 saturated heterocycles. The Labute approximate surface area is 117 Å². The quantitative estimate of drug-likeness (QED) is 0.881. The molecule has 3 rings (SSSR count). The van der Waals surface area contributed by atoms with E-state index in [2.05, 4.69) is 5.10 Å². The van der Waals surface area contributed by atoms with Crippen LogP contribution in [-0.2, 0) is 7.05 Å². The molecule has 2 aromatic rings. The normalized spacial score (nSPS) is 19.3. The molecule has 3 heterocycles. The fraction of sp³-hybridized carbons (Fsp3) is 0.429. The summed E-state index contributed by atoms with van der Waals surface area (Å²) in [5.74, 6) is 0.681. The van der Waals surface area contributed by atoms with E-state index < -0.39 is 6.10 Å². The number of carbonyl (C=O) groups is 1. The standard InChI is InChI=1S/C14H18N4O2/c1-16-13(17-6-2-3-7-17)12(9-15-16)14(20)18-8-4-5-11(19)10-18/h2-3,6-7,9,11,19H,4-5,8,10H2,1H3/t11-/m0/s1. The minimum absolute atomic E-state index is 0.0689. The highest BCUT2D eigenvalue weighted by molar-refractivity contribution is 5.97. The van der Waals surface area contributed by atoms with Crippen molar-refractivity contribution < 1.29 is 9.90 Å². The molecule has 1 aliphatic heterocycles. The second-order valence-corrected chi connectivity index (χ2v) is 5.14. The maximum atomic E-state index is 12.6. The van der Waals surface area contributed by atoms with Gasteiger partial charge in [0.2, 0.25) is 0 Å². The number of hydrogen-bond acceptors (Lipinski definition) is 3. The minimum Gasteiger partial charge on any atom is -0.391 e. The van der Waals surface area contributed by atoms with Gasteiger partial charge in [-0.05, 0) is 25.0 Å². The molecule has 1 aliphatic rings. The Hall–Kier alpha value is -2.08. The van der Waals surface area contributed by atoms with Gasteiger partial charge in [0.05, 0.1) is 12.3 Å². The molecular weight excluding hydrogens is 256 g/mol. The number of likely N-dealkylation sites (tertiary alicyclic amines) is 1. The zero-order valence-electron chi connectivity index (χ0n) is 11.4. The maximum absolute atomic E-state index is 12.6. The lowest BCUT2D eigenvalue weighted by atomic mass is 10.1. The van der Waals surface area contributed by atoms with Gasteiger partial charge >= 0.3 is 0 Å². The molecule has 0 saturated carbocycles. The van der Waals surface area contributed by atoms with Crippen LogP contribution in [0.4, 0.5) is 0 Å². The molecule has 0 spiro atoms. The number of rotatable bonds is 2. The van der Waals surface area contributed by atoms with Crippen LogP contribution < -0.4 is 0 Å². The van der Waals surface area contributed by atoms with Gasteiger partial charge in [0.25, 0.3) is 5.91 Å². The molecular formula is C14H18N4O2. The van der Waals surface area contributed by atoms with E-state index >= 15 is 0 Å². The van der Waals surface area contributed by atoms with Crippen LogP contribution in [0.3, 0.4) is 0 Å². The van der Waals surface area contributed by atoms with Crippen molar-refractivity contribution in [2.24, 2.45) is 7.05 Å². The molecule has 20 heavy (non-hydrogen) atoms. The highest BCUT2D eigenvalue weighted by Gasteiger charge is 2.26. The van der Waals surface area contributed by atoms with Gasteiger partial charge in [0.1, 0.15) is 11.4 Å². The second-order valence-electron chi connectivity index (χ2n) is 5.14. The number of β-amino-alcohol motifs (C(OH)–C–C–N with tert-alkyl or cyclic N) is 1. The van der Waals surface area contributed by atoms with Crippen molar-refractivity contribution in [3.8, 4) is 5.82 Å². The second kappa shape index (κ2) is 5.13. The van der Waals surface area contributed by atoms with Crippen LogP contribution in [-0.4, -0.2) is 49.5 Å². The predicted octanol–water partition coefficient (Wildman–Crippen LogP) is 0.808. The molecule has 1 atom stereocenters. The summed E-state index contributed by atoms with van der Waals surface area (Å²) in [5.41, 5.74) is 0.567. The number of aryl methyl sites for hydroxylation is 1. The van der Waals surface area contributed by atoms with Crippen LogP contribution >= 0.6 is 0 Å². The van der Waals surface area contributed by atoms with Crippen molar-refractivity contribution in [3.63, 3.8) is 0 Å². The zero-order valence-corrected chi connectivity index (χ0v) is 11.4. The van der Waals surface area contributed by atoms with Gasteiger partial charge in [-0.2, -0.15) is 5.10 Å². The summed E-state index contributed by atoms with van der Waals surface area (Å²) in [7, 11) is 1.82. The highest BCUT2D eigenvalue weighted by atomic mass is 16.3. The number of amides is 1. The minimum atomic E-state index is -0.417. The summed E-state index contributed by atoms with van der Waals surface area (Å²) < 4.78 is 3.56. The van der Waals surface area contributed by atoms with Crippen molar-refractivity contribution in [1.82, 2.24) is 19.2 Å². The van der Waals surface area contributed by atoms with Gasteiger partial charge < -0.3 is 14.6 Å². The third-order valence-corrected chi connectivity index (χ3v) is 3.67. The summed E-state index contributed by atoms with van der Waals surface area (Å²) in [6.07, 6.45) is 6.56. The summed E-state index contributed by atoms with van der Waals surface area (Å²) in [6.45, 7) is 1.09. The number of piperidine rings is 1. The molecule has 0 aliphatic carbocycles. The molecule has 106 valence electrons. The van der Waals surface area contributed by atoms with Crippen molar-refractivity contribution in [2.45, 2.75) is 18.9 Å². The van der Waals surface area contributed by atoms with Gasteiger partial charge in [0, 0.05) is 32.5 Å². The molecule has 0 aromatic carbocycles. The fourth-order valence-electron chi connectivity index (χ4n) is 2.67. The number of aliphatic hydroxyl groups is 1. The third kappa shape index (κ3) is 2.22. The average Bonchev–Trinajstić information content (AvgIpc) is 3.06. The summed E-state index contributed by atoms with van der Waals surface area (Å²) in [4.78, 5) is 14.3. The van der Waals surface area contributed by atoms with Gasteiger partial charge in [-0.3, -0.25) is 9.48 Å². The van der Waals surface area contributed by atoms with Crippen molar-refractivity contribution in [3.05, 3.63) is 36.3 Å². The van der Waals surface area contributed by atoms with E-state index in [4.69, 9.17) is 0 Å². The number of aliphatic hydroxyl groups excluding tert-OH is 1. The Morgan fingerprint density at radius 1 is 1.40 bits per heavy atom. The average molecular weight is 274 g/mol. The van der Waals surface area contributed by atoms with Crippen molar-refractivity contribution in [2.75, 3.05) is 13.1 Å². The van der Waals surface area contributed by atoms with E-state index in [1.54, 1.807) is 15.8 Å². The SMILES string of the molecule is Cn1ncc(C(=O)N2CCC[C@H](O)C2)c1-n1cccc1. The molecule has 2 aromatic heterocycles. The van der Waals surface area contributed by atoms with Gasteiger partial charge in [-0.1, -0.05) is 0 Å². The first kappa shape index (κ1) is 12.9. The molecule has 0 radical (unpaired) electrons. The molecule has 6 nitrogen and oxygen atoms in total. The van der Waals surface area contributed by atoms with Crippen LogP contribution in [0.5, 0.6) is 0 Å². The molecule has 1 N–H and O–H groups in total. The molecule has 1 amide bonds. The van der Waals surface area contributed by atoms with Gasteiger partial charge in [-0.15, -0.1) is 0 Å². The fourth-order valence-corrected chi connectivity index (χ4v) is 2.67. The van der Waals surface area contributed by atoms with Crippen molar-refractivity contribution in [1.29, 1.82) is 0 Å². The zero-order chi connectivity index (χ0) is 14.1. The summed E-state index contributed by atoms with van der Waals surface area (Å²) >= 11 is 0. The van der Waals surface area contributed by atoms with Crippen LogP contribution in [0.25, 0.3) is 5.82 Å². The maximum Gasteiger partial charge on any atom is 0.259 e. The Balaban J connectivity index is 1.92. The summed E-state index contributed by atoms with van der Waals surface area (Å²) in [6, 6.07) is 3.82. The Kier molecular flexibility index (Phi) is 3.31. The Morgan fingerprint density at radius 2 is 2.15 bits per heavy atom. The topological polar surface area (TPSA) is 63.3 Å². The van der Waals surface area contributed by atoms with E-state index in [1.165, 1.54) is 0 Å². The largest absolute Gasteiger partial charge is 0.391 e. The Morgan fingerprint density at radius 3 is 2.85 bits per heavy atom. The van der Waals surface area contributed by atoms with Crippen LogP contribution in [0.2, 0.25) is 0 Å².